The van der Waals surface area contributed by atoms with Crippen LogP contribution in [0.4, 0.5) is 4.39 Å². The Kier molecular flexibility index (Phi) is 6.40. The predicted octanol–water partition coefficient (Wildman–Crippen LogP) is 3.53. The molecule has 0 saturated heterocycles. The van der Waals surface area contributed by atoms with Gasteiger partial charge in [-0.1, -0.05) is 11.6 Å². The predicted molar refractivity (Wildman–Crippen MR) is 115 cm³/mol. The maximum atomic E-state index is 14.7. The van der Waals surface area contributed by atoms with E-state index >= 15 is 0 Å². The maximum Gasteiger partial charge on any atom is 0.267 e. The number of benzene rings is 1. The summed E-state index contributed by atoms with van der Waals surface area (Å²) in [6, 6.07) is 4.55. The Bertz CT molecular complexity index is 1030. The number of halogens is 2. The average Bonchev–Trinajstić information content (AvgIpc) is 2.73. The van der Waals surface area contributed by atoms with Crippen LogP contribution in [-0.4, -0.2) is 40.4 Å². The number of hydrogen-bond donors (Lipinski definition) is 1. The Morgan fingerprint density at radius 3 is 2.44 bits per heavy atom. The van der Waals surface area contributed by atoms with Crippen molar-refractivity contribution in [3.8, 4) is 11.8 Å². The lowest BCUT2D eigenvalue weighted by molar-refractivity contribution is -0.0942. The number of carbonyl (C=O) groups is 1. The summed E-state index contributed by atoms with van der Waals surface area (Å²) in [6.07, 6.45) is 5.38. The molecular formula is C22H26ClFN2O5S. The van der Waals surface area contributed by atoms with Crippen LogP contribution in [0, 0.1) is 46.2 Å². The summed E-state index contributed by atoms with van der Waals surface area (Å²) < 4.78 is 50.8. The third-order valence-corrected chi connectivity index (χ3v) is 8.84. The van der Waals surface area contributed by atoms with Crippen molar-refractivity contribution < 1.29 is 27.1 Å². The van der Waals surface area contributed by atoms with E-state index in [1.165, 1.54) is 13.5 Å². The molecule has 174 valence electrons. The molecule has 1 aromatic rings. The maximum absolute atomic E-state index is 14.7. The van der Waals surface area contributed by atoms with E-state index in [4.69, 9.17) is 16.3 Å². The second kappa shape index (κ2) is 8.81. The Balaban J connectivity index is 1.48. The molecule has 1 amide bonds. The van der Waals surface area contributed by atoms with Gasteiger partial charge in [-0.15, -0.1) is 0 Å². The first-order valence-corrected chi connectivity index (χ1v) is 12.8. The van der Waals surface area contributed by atoms with E-state index in [1.807, 2.05) is 0 Å². The first-order valence-electron chi connectivity index (χ1n) is 10.7. The van der Waals surface area contributed by atoms with Crippen LogP contribution in [0.2, 0.25) is 5.02 Å². The lowest BCUT2D eigenvalue weighted by atomic mass is 9.46. The first kappa shape index (κ1) is 23.3. The number of rotatable bonds is 8. The summed E-state index contributed by atoms with van der Waals surface area (Å²) in [4.78, 5) is 12.3. The molecule has 1 N–H and O–H groups in total. The van der Waals surface area contributed by atoms with Gasteiger partial charge in [0.25, 0.3) is 5.91 Å². The lowest BCUT2D eigenvalue weighted by Gasteiger charge is -2.58. The number of nitriles is 1. The van der Waals surface area contributed by atoms with Crippen LogP contribution >= 0.6 is 11.6 Å². The van der Waals surface area contributed by atoms with Gasteiger partial charge in [0, 0.05) is 13.2 Å². The fourth-order valence-electron chi connectivity index (χ4n) is 5.93. The minimum atomic E-state index is -3.98. The number of sulfonamides is 1. The molecule has 4 fully saturated rings. The normalized spacial score (nSPS) is 30.7. The summed E-state index contributed by atoms with van der Waals surface area (Å²) >= 11 is 6.23. The summed E-state index contributed by atoms with van der Waals surface area (Å²) in [5.74, 6) is -0.556. The van der Waals surface area contributed by atoms with E-state index in [2.05, 4.69) is 10.8 Å². The first-order chi connectivity index (χ1) is 15.2. The SMILES string of the molecule is COCCS(=O)(=O)NC(=O)c1cc(Cl)c(OCC2(C#N)C3CC4CC(C3)CC2C4)cc1F. The van der Waals surface area contributed by atoms with Crippen LogP contribution in [0.15, 0.2) is 12.1 Å². The van der Waals surface area contributed by atoms with Crippen molar-refractivity contribution in [3.05, 3.63) is 28.5 Å². The van der Waals surface area contributed by atoms with Gasteiger partial charge in [0.15, 0.2) is 0 Å². The molecule has 7 nitrogen and oxygen atoms in total. The molecule has 10 heteroatoms. The topological polar surface area (TPSA) is 105 Å². The second-order valence-electron chi connectivity index (χ2n) is 9.25. The monoisotopic (exact) mass is 484 g/mol. The molecule has 1 aromatic carbocycles. The van der Waals surface area contributed by atoms with Gasteiger partial charge in [-0.2, -0.15) is 5.26 Å². The summed E-state index contributed by atoms with van der Waals surface area (Å²) in [6.45, 7) is 0.0110. The number of nitrogens with zero attached hydrogens (tertiary/aromatic N) is 1. The number of amides is 1. The molecule has 4 aliphatic carbocycles. The number of carbonyl (C=O) groups excluding carboxylic acids is 1. The molecule has 32 heavy (non-hydrogen) atoms. The van der Waals surface area contributed by atoms with Crippen LogP contribution in [0.1, 0.15) is 42.5 Å². The smallest absolute Gasteiger partial charge is 0.267 e. The Morgan fingerprint density at radius 1 is 1.25 bits per heavy atom. The van der Waals surface area contributed by atoms with Crippen LogP contribution in [0.3, 0.4) is 0 Å². The highest BCUT2D eigenvalue weighted by Gasteiger charge is 2.58. The number of hydrogen-bond acceptors (Lipinski definition) is 6. The van der Waals surface area contributed by atoms with E-state index in [0.29, 0.717) is 11.8 Å². The van der Waals surface area contributed by atoms with Gasteiger partial charge >= 0.3 is 0 Å². The Hall–Kier alpha value is -1.89. The Labute approximate surface area is 192 Å². The van der Waals surface area contributed by atoms with Crippen LogP contribution < -0.4 is 9.46 Å². The van der Waals surface area contributed by atoms with Gasteiger partial charge in [-0.05, 0) is 61.8 Å². The largest absolute Gasteiger partial charge is 0.490 e. The van der Waals surface area contributed by atoms with E-state index in [1.54, 1.807) is 4.72 Å². The summed E-state index contributed by atoms with van der Waals surface area (Å²) in [5, 5.41) is 10.1. The highest BCUT2D eigenvalue weighted by molar-refractivity contribution is 7.90. The van der Waals surface area contributed by atoms with Crippen LogP contribution in [0.5, 0.6) is 5.75 Å². The second-order valence-corrected chi connectivity index (χ2v) is 11.5. The molecule has 0 spiro atoms. The zero-order valence-corrected chi connectivity index (χ0v) is 19.3. The fraction of sp³-hybridized carbons (Fsp3) is 0.636. The van der Waals surface area contributed by atoms with Crippen molar-refractivity contribution in [2.45, 2.75) is 32.1 Å². The van der Waals surface area contributed by atoms with Crippen LogP contribution in [0.25, 0.3) is 0 Å². The Morgan fingerprint density at radius 2 is 1.88 bits per heavy atom. The van der Waals surface area contributed by atoms with Crippen molar-refractivity contribution in [1.82, 2.24) is 4.72 Å². The highest BCUT2D eigenvalue weighted by atomic mass is 35.5. The highest BCUT2D eigenvalue weighted by Crippen LogP contribution is 2.62. The van der Waals surface area contributed by atoms with E-state index < -0.39 is 38.5 Å². The van der Waals surface area contributed by atoms with Gasteiger partial charge in [-0.3, -0.25) is 4.79 Å². The molecule has 0 unspecified atom stereocenters. The quantitative estimate of drug-likeness (QED) is 0.605. The molecular weight excluding hydrogens is 459 g/mol. The number of nitrogens with one attached hydrogen (secondary N) is 1. The zero-order valence-electron chi connectivity index (χ0n) is 17.8. The van der Waals surface area contributed by atoms with E-state index in [9.17, 15) is 22.9 Å². The minimum absolute atomic E-state index is 0.0252. The molecule has 4 saturated carbocycles. The molecule has 4 aliphatic rings. The van der Waals surface area contributed by atoms with Gasteiger partial charge in [0.1, 0.15) is 18.2 Å². The minimum Gasteiger partial charge on any atom is -0.490 e. The fourth-order valence-corrected chi connectivity index (χ4v) is 7.03. The standard InChI is InChI=1S/C22H26ClFN2O5S/c1-30-2-3-32(28,29)26-21(27)17-9-18(23)20(10-19(17)24)31-12-22(11-25)15-5-13-4-14(7-15)8-16(22)6-13/h9-10,13-16H,2-8,12H2,1H3,(H,26,27). The van der Waals surface area contributed by atoms with Crippen molar-refractivity contribution in [3.63, 3.8) is 0 Å². The van der Waals surface area contributed by atoms with Gasteiger partial charge in [0.2, 0.25) is 10.0 Å². The molecule has 0 aliphatic heterocycles. The molecule has 0 atom stereocenters. The molecule has 0 heterocycles. The van der Waals surface area contributed by atoms with Crippen molar-refractivity contribution in [1.29, 1.82) is 5.26 Å². The summed E-state index contributed by atoms with van der Waals surface area (Å²) in [5.41, 5.74) is -1.12. The van der Waals surface area contributed by atoms with Gasteiger partial charge in [-0.25, -0.2) is 17.5 Å². The lowest BCUT2D eigenvalue weighted by Crippen LogP contribution is -2.54. The van der Waals surface area contributed by atoms with Crippen molar-refractivity contribution in [2.24, 2.45) is 29.1 Å². The molecule has 0 aromatic heterocycles. The molecule has 0 radical (unpaired) electrons. The summed E-state index contributed by atoms with van der Waals surface area (Å²) in [7, 11) is -2.65. The van der Waals surface area contributed by atoms with E-state index in [-0.39, 0.29) is 35.8 Å². The number of ether oxygens (including phenoxy) is 2. The van der Waals surface area contributed by atoms with Crippen LogP contribution in [-0.2, 0) is 14.8 Å². The third-order valence-electron chi connectivity index (χ3n) is 7.34. The molecule has 4 bridgehead atoms. The van der Waals surface area contributed by atoms with Crippen molar-refractivity contribution in [2.75, 3.05) is 26.1 Å². The van der Waals surface area contributed by atoms with Gasteiger partial charge < -0.3 is 9.47 Å². The molecule has 5 rings (SSSR count). The van der Waals surface area contributed by atoms with Gasteiger partial charge in [0.05, 0.1) is 34.4 Å². The number of methoxy groups -OCH3 is 1. The van der Waals surface area contributed by atoms with Crippen molar-refractivity contribution >= 4 is 27.5 Å². The van der Waals surface area contributed by atoms with E-state index in [0.717, 1.165) is 37.8 Å². The average molecular weight is 485 g/mol. The zero-order chi connectivity index (χ0) is 23.1. The third kappa shape index (κ3) is 4.33.